The second kappa shape index (κ2) is 7.17. The van der Waals surface area contributed by atoms with Gasteiger partial charge in [0.25, 0.3) is 0 Å². The van der Waals surface area contributed by atoms with E-state index in [9.17, 15) is 9.90 Å². The molecule has 0 aliphatic heterocycles. The molecule has 2 atom stereocenters. The number of pyridine rings is 1. The second-order valence-electron chi connectivity index (χ2n) is 7.05. The minimum absolute atomic E-state index is 0.0163. The molecule has 1 aromatic heterocycles. The Hall–Kier alpha value is -2.04. The van der Waals surface area contributed by atoms with Gasteiger partial charge in [-0.3, -0.25) is 4.79 Å². The van der Waals surface area contributed by atoms with Gasteiger partial charge in [0.2, 0.25) is 5.88 Å². The second-order valence-corrected chi connectivity index (χ2v) is 7.89. The summed E-state index contributed by atoms with van der Waals surface area (Å²) in [5.74, 6) is 1.11. The van der Waals surface area contributed by atoms with Crippen LogP contribution >= 0.6 is 23.2 Å². The van der Waals surface area contributed by atoms with Crippen molar-refractivity contribution >= 4 is 34.6 Å². The summed E-state index contributed by atoms with van der Waals surface area (Å²) in [7, 11) is 0. The van der Waals surface area contributed by atoms with E-state index in [1.807, 2.05) is 19.1 Å². The van der Waals surface area contributed by atoms with E-state index in [1.54, 1.807) is 12.1 Å². The number of carbonyl (C=O) groups excluding carboxylic acids is 1. The van der Waals surface area contributed by atoms with Crippen LogP contribution in [0.2, 0.25) is 10.0 Å². The van der Waals surface area contributed by atoms with Crippen LogP contribution in [0.3, 0.4) is 0 Å². The molecule has 1 N–H and O–H groups in total. The molecule has 0 saturated heterocycles. The van der Waals surface area contributed by atoms with Crippen molar-refractivity contribution in [3.8, 4) is 11.6 Å². The maximum atomic E-state index is 12.9. The Morgan fingerprint density at radius 2 is 2.00 bits per heavy atom. The molecule has 1 saturated carbocycles. The zero-order chi connectivity index (χ0) is 19.1. The van der Waals surface area contributed by atoms with Crippen LogP contribution in [0, 0.1) is 11.8 Å². The number of carbonyl (C=O) groups is 1. The Bertz CT molecular complexity index is 954. The number of nitrogens with zero attached hydrogens (tertiary/aromatic N) is 1. The first-order valence-corrected chi connectivity index (χ1v) is 9.83. The van der Waals surface area contributed by atoms with Gasteiger partial charge in [-0.15, -0.1) is 0 Å². The molecule has 0 spiro atoms. The summed E-state index contributed by atoms with van der Waals surface area (Å²) in [4.78, 5) is 17.0. The number of Topliss-reactive ketones (excluding diaryl/α,β-unsaturated/α-hetero) is 1. The van der Waals surface area contributed by atoms with E-state index in [1.165, 1.54) is 6.20 Å². The molecule has 4 rings (SSSR count). The number of rotatable bonds is 4. The molecular weight excluding hydrogens is 385 g/mol. The Balaban J connectivity index is 1.76. The molecule has 27 heavy (non-hydrogen) atoms. The lowest BCUT2D eigenvalue weighted by Crippen LogP contribution is -2.21. The molecule has 4 nitrogen and oxygen atoms in total. The number of ketones is 1. The topological polar surface area (TPSA) is 59.4 Å². The first-order chi connectivity index (χ1) is 13.0. The SMILES string of the molecule is CCc1ccc(Oc2ncc(Cl)cc2Cl)cc1C1=C(O)[C@H]2CC[C@H](C2)C1=O. The van der Waals surface area contributed by atoms with Crippen molar-refractivity contribution < 1.29 is 14.6 Å². The van der Waals surface area contributed by atoms with Crippen LogP contribution in [0.15, 0.2) is 36.2 Å². The monoisotopic (exact) mass is 403 g/mol. The summed E-state index contributed by atoms with van der Waals surface area (Å²) in [6, 6.07) is 7.08. The first kappa shape index (κ1) is 18.3. The highest BCUT2D eigenvalue weighted by Gasteiger charge is 2.41. The third-order valence-corrected chi connectivity index (χ3v) is 5.89. The number of aliphatic hydroxyl groups is 1. The van der Waals surface area contributed by atoms with E-state index in [0.717, 1.165) is 36.8 Å². The third kappa shape index (κ3) is 3.32. The zero-order valence-corrected chi connectivity index (χ0v) is 16.3. The Labute approximate surface area is 167 Å². The minimum atomic E-state index is 0.0163. The highest BCUT2D eigenvalue weighted by molar-refractivity contribution is 6.35. The van der Waals surface area contributed by atoms with Crippen molar-refractivity contribution in [2.24, 2.45) is 11.8 Å². The van der Waals surface area contributed by atoms with E-state index < -0.39 is 0 Å². The molecule has 6 heteroatoms. The van der Waals surface area contributed by atoms with Gasteiger partial charge in [0.15, 0.2) is 5.78 Å². The number of allylic oxidation sites excluding steroid dienone is 2. The van der Waals surface area contributed by atoms with Crippen LogP contribution in [-0.4, -0.2) is 15.9 Å². The van der Waals surface area contributed by atoms with Crippen molar-refractivity contribution in [3.05, 3.63) is 57.4 Å². The van der Waals surface area contributed by atoms with Crippen LogP contribution in [0.5, 0.6) is 11.6 Å². The number of ether oxygens (including phenoxy) is 1. The highest BCUT2D eigenvalue weighted by atomic mass is 35.5. The van der Waals surface area contributed by atoms with E-state index in [-0.39, 0.29) is 29.3 Å². The van der Waals surface area contributed by atoms with Gasteiger partial charge >= 0.3 is 0 Å². The standard InChI is InChI=1S/C21H19Cl2NO3/c1-2-11-5-6-15(27-21-17(23)8-14(22)10-24-21)9-16(11)18-19(25)12-3-4-13(7-12)20(18)26/h5-6,8-10,12-13,25H,2-4,7H2,1H3/t12-,13+/m0/s1. The molecule has 2 aromatic rings. The normalized spacial score (nSPS) is 21.7. The number of aliphatic hydroxyl groups excluding tert-OH is 1. The van der Waals surface area contributed by atoms with Crippen molar-refractivity contribution in [3.63, 3.8) is 0 Å². The number of aromatic nitrogens is 1. The van der Waals surface area contributed by atoms with Gasteiger partial charge in [-0.25, -0.2) is 4.98 Å². The molecule has 2 bridgehead atoms. The molecule has 0 amide bonds. The molecule has 1 aromatic carbocycles. The smallest absolute Gasteiger partial charge is 0.238 e. The fourth-order valence-electron chi connectivity index (χ4n) is 4.02. The largest absolute Gasteiger partial charge is 0.511 e. The molecule has 140 valence electrons. The van der Waals surface area contributed by atoms with Gasteiger partial charge in [0.1, 0.15) is 16.5 Å². The molecule has 1 heterocycles. The number of hydrogen-bond acceptors (Lipinski definition) is 4. The third-order valence-electron chi connectivity index (χ3n) is 5.41. The summed E-state index contributed by atoms with van der Waals surface area (Å²) in [6.07, 6.45) is 4.68. The van der Waals surface area contributed by atoms with E-state index >= 15 is 0 Å². The van der Waals surface area contributed by atoms with Gasteiger partial charge in [-0.2, -0.15) is 0 Å². The maximum absolute atomic E-state index is 12.9. The van der Waals surface area contributed by atoms with Crippen molar-refractivity contribution in [2.75, 3.05) is 0 Å². The fraction of sp³-hybridized carbons (Fsp3) is 0.333. The van der Waals surface area contributed by atoms with Gasteiger partial charge in [0, 0.05) is 18.0 Å². The number of benzene rings is 1. The van der Waals surface area contributed by atoms with Crippen molar-refractivity contribution in [2.45, 2.75) is 32.6 Å². The zero-order valence-electron chi connectivity index (χ0n) is 14.8. The summed E-state index contributed by atoms with van der Waals surface area (Å²) >= 11 is 12.0. The molecular formula is C21H19Cl2NO3. The molecule has 2 aliphatic rings. The Morgan fingerprint density at radius 3 is 2.74 bits per heavy atom. The van der Waals surface area contributed by atoms with E-state index in [2.05, 4.69) is 4.98 Å². The Morgan fingerprint density at radius 1 is 1.22 bits per heavy atom. The van der Waals surface area contributed by atoms with Crippen molar-refractivity contribution in [1.82, 2.24) is 4.98 Å². The van der Waals surface area contributed by atoms with Crippen LogP contribution < -0.4 is 4.74 Å². The minimum Gasteiger partial charge on any atom is -0.511 e. The highest BCUT2D eigenvalue weighted by Crippen LogP contribution is 2.46. The summed E-state index contributed by atoms with van der Waals surface area (Å²) < 4.78 is 5.82. The quantitative estimate of drug-likeness (QED) is 0.678. The van der Waals surface area contributed by atoms with Crippen molar-refractivity contribution in [1.29, 1.82) is 0 Å². The maximum Gasteiger partial charge on any atom is 0.238 e. The number of halogens is 2. The summed E-state index contributed by atoms with van der Waals surface area (Å²) in [6.45, 7) is 2.02. The summed E-state index contributed by atoms with van der Waals surface area (Å²) in [5.41, 5.74) is 2.18. The lowest BCUT2D eigenvalue weighted by atomic mass is 9.81. The predicted molar refractivity (Wildman–Crippen MR) is 106 cm³/mol. The van der Waals surface area contributed by atoms with Crippen LogP contribution in [-0.2, 0) is 11.2 Å². The van der Waals surface area contributed by atoms with Crippen LogP contribution in [0.1, 0.15) is 37.3 Å². The summed E-state index contributed by atoms with van der Waals surface area (Å²) in [5, 5.41) is 11.5. The predicted octanol–water partition coefficient (Wildman–Crippen LogP) is 6.01. The lowest BCUT2D eigenvalue weighted by Gasteiger charge is -2.23. The average molecular weight is 404 g/mol. The first-order valence-electron chi connectivity index (χ1n) is 9.07. The van der Waals surface area contributed by atoms with Gasteiger partial charge < -0.3 is 9.84 Å². The Kier molecular flexibility index (Phi) is 4.87. The number of aryl methyl sites for hydroxylation is 1. The van der Waals surface area contributed by atoms with E-state index in [0.29, 0.717) is 21.4 Å². The number of hydrogen-bond donors (Lipinski definition) is 1. The lowest BCUT2D eigenvalue weighted by molar-refractivity contribution is -0.117. The molecule has 1 fully saturated rings. The van der Waals surface area contributed by atoms with Gasteiger partial charge in [0.05, 0.1) is 10.6 Å². The molecule has 0 radical (unpaired) electrons. The van der Waals surface area contributed by atoms with Crippen LogP contribution in [0.25, 0.3) is 5.57 Å². The van der Waals surface area contributed by atoms with Gasteiger partial charge in [-0.05, 0) is 55.0 Å². The van der Waals surface area contributed by atoms with Gasteiger partial charge in [-0.1, -0.05) is 36.2 Å². The van der Waals surface area contributed by atoms with Crippen LogP contribution in [0.4, 0.5) is 0 Å². The average Bonchev–Trinajstić information content (AvgIpc) is 3.10. The number of fused-ring (bicyclic) bond motifs is 2. The fourth-order valence-corrected chi connectivity index (χ4v) is 4.44. The molecule has 0 unspecified atom stereocenters. The van der Waals surface area contributed by atoms with E-state index in [4.69, 9.17) is 27.9 Å². The molecule has 2 aliphatic carbocycles.